The molecule has 6 aromatic rings. The number of halogens is 5. The van der Waals surface area contributed by atoms with E-state index in [4.69, 9.17) is 21.1 Å². The highest BCUT2D eigenvalue weighted by Gasteiger charge is 2.32. The van der Waals surface area contributed by atoms with Gasteiger partial charge in [0.2, 0.25) is 5.91 Å². The van der Waals surface area contributed by atoms with Crippen molar-refractivity contribution >= 4 is 62.6 Å². The fraction of sp³-hybridized carbons (Fsp3) is 0.340. The number of unbranched alkanes of at least 4 members (excludes halogenated alkanes) is 2. The van der Waals surface area contributed by atoms with Crippen LogP contribution in [0.5, 0.6) is 11.5 Å². The maximum atomic E-state index is 15.7. The standard InChI is InChI=1S/C50H52ClF4N7O6/c1-56-48(64)32-14-17-43(46(24-32)67-2)57-19-7-8-33-25-37-41(9-6-10-45(37)62(33)30-50(53,54)55)60-42-18-22-61(29-40(42)52)21-5-3-4-11-47(63)58-20-23-68-34-15-12-31(13-16-34)35-26-36-38(49(65)66)28-59-44(36)27-39(35)51/h6,9-10,12-17,24-28,40,42,57,59-60H,3-5,11,18-23,29-30H2,1-2H3,(H,56,64)(H,58,63)(H,65,66). The molecule has 13 nitrogen and oxygen atoms in total. The number of likely N-dealkylation sites (tertiary alicyclic amines) is 1. The average molecular weight is 958 g/mol. The number of piperidine rings is 1. The van der Waals surface area contributed by atoms with Gasteiger partial charge in [-0.05, 0) is 98.0 Å². The van der Waals surface area contributed by atoms with Gasteiger partial charge in [-0.15, -0.1) is 0 Å². The van der Waals surface area contributed by atoms with Gasteiger partial charge in [-0.2, -0.15) is 13.2 Å². The normalized spacial score (nSPS) is 15.1. The van der Waals surface area contributed by atoms with Crippen LogP contribution in [-0.2, 0) is 11.3 Å². The zero-order valence-electron chi connectivity index (χ0n) is 37.5. The lowest BCUT2D eigenvalue weighted by Crippen LogP contribution is -2.48. The van der Waals surface area contributed by atoms with Gasteiger partial charge in [0.15, 0.2) is 0 Å². The summed E-state index contributed by atoms with van der Waals surface area (Å²) in [5, 5.41) is 22.8. The van der Waals surface area contributed by atoms with Gasteiger partial charge in [-0.1, -0.05) is 42.1 Å². The number of benzene rings is 4. The number of ether oxygens (including phenoxy) is 2. The fourth-order valence-electron chi connectivity index (χ4n) is 8.31. The molecule has 1 saturated heterocycles. The van der Waals surface area contributed by atoms with E-state index in [1.165, 1.54) is 20.4 Å². The Morgan fingerprint density at radius 3 is 2.53 bits per heavy atom. The van der Waals surface area contributed by atoms with Gasteiger partial charge in [0.25, 0.3) is 5.91 Å². The van der Waals surface area contributed by atoms with Crippen LogP contribution < -0.4 is 30.7 Å². The molecule has 68 heavy (non-hydrogen) atoms. The van der Waals surface area contributed by atoms with Crippen molar-refractivity contribution in [3.63, 3.8) is 0 Å². The first-order valence-electron chi connectivity index (χ1n) is 22.2. The Bertz CT molecular complexity index is 2820. The molecule has 1 fully saturated rings. The molecule has 0 bridgehead atoms. The zero-order chi connectivity index (χ0) is 48.4. The number of anilines is 2. The molecule has 2 atom stereocenters. The number of methoxy groups -OCH3 is 1. The van der Waals surface area contributed by atoms with E-state index < -0.39 is 30.9 Å². The Morgan fingerprint density at radius 2 is 1.79 bits per heavy atom. The number of alkyl halides is 4. The van der Waals surface area contributed by atoms with Gasteiger partial charge in [-0.3, -0.25) is 9.59 Å². The first-order valence-corrected chi connectivity index (χ1v) is 22.6. The van der Waals surface area contributed by atoms with Gasteiger partial charge in [0, 0.05) is 65.9 Å². The van der Waals surface area contributed by atoms with E-state index in [9.17, 15) is 32.7 Å². The maximum absolute atomic E-state index is 15.7. The number of nitrogens with one attached hydrogen (secondary N) is 5. The number of nitrogens with zero attached hydrogens (tertiary/aromatic N) is 2. The minimum absolute atomic E-state index is 0.0781. The lowest BCUT2D eigenvalue weighted by molar-refractivity contribution is -0.140. The van der Waals surface area contributed by atoms with Gasteiger partial charge >= 0.3 is 12.1 Å². The van der Waals surface area contributed by atoms with Crippen LogP contribution in [0, 0.1) is 11.8 Å². The van der Waals surface area contributed by atoms with E-state index in [2.05, 4.69) is 43.0 Å². The highest BCUT2D eigenvalue weighted by atomic mass is 35.5. The molecule has 2 unspecified atom stereocenters. The molecule has 0 spiro atoms. The third kappa shape index (κ3) is 12.3. The van der Waals surface area contributed by atoms with Crippen LogP contribution >= 0.6 is 11.6 Å². The summed E-state index contributed by atoms with van der Waals surface area (Å²) in [6, 6.07) is 21.6. The maximum Gasteiger partial charge on any atom is 0.406 e. The number of hydrogen-bond donors (Lipinski definition) is 6. The molecule has 6 N–H and O–H groups in total. The molecule has 3 heterocycles. The number of carboxylic acid groups (broad SMARTS) is 1. The van der Waals surface area contributed by atoms with Crippen LogP contribution in [0.2, 0.25) is 5.02 Å². The molecule has 4 aromatic carbocycles. The van der Waals surface area contributed by atoms with Crippen molar-refractivity contribution in [2.45, 2.75) is 57.0 Å². The monoisotopic (exact) mass is 957 g/mol. The number of carbonyl (C=O) groups is 3. The predicted molar refractivity (Wildman–Crippen MR) is 256 cm³/mol. The number of carboxylic acids is 1. The summed E-state index contributed by atoms with van der Waals surface area (Å²) in [6.45, 7) is 0.947. The number of carbonyl (C=O) groups excluding carboxylic acids is 2. The quantitative estimate of drug-likeness (QED) is 0.0264. The number of hydrogen-bond acceptors (Lipinski definition) is 8. The van der Waals surface area contributed by atoms with Crippen LogP contribution in [0.1, 0.15) is 58.5 Å². The number of amides is 2. The minimum Gasteiger partial charge on any atom is -0.495 e. The molecule has 2 aromatic heterocycles. The molecule has 1 aliphatic rings. The van der Waals surface area contributed by atoms with E-state index >= 15 is 4.39 Å². The summed E-state index contributed by atoms with van der Waals surface area (Å²) in [5.41, 5.74) is 4.25. The second-order valence-corrected chi connectivity index (χ2v) is 16.8. The lowest BCUT2D eigenvalue weighted by atomic mass is 10.0. The summed E-state index contributed by atoms with van der Waals surface area (Å²) in [5.74, 6) is 5.39. The Balaban J connectivity index is 0.828. The Labute approximate surface area is 395 Å². The largest absolute Gasteiger partial charge is 0.495 e. The van der Waals surface area contributed by atoms with Gasteiger partial charge in [0.1, 0.15) is 30.8 Å². The molecular formula is C50H52ClF4N7O6. The van der Waals surface area contributed by atoms with E-state index in [0.29, 0.717) is 99.7 Å². The third-order valence-electron chi connectivity index (χ3n) is 11.8. The number of fused-ring (bicyclic) bond motifs is 2. The van der Waals surface area contributed by atoms with E-state index in [1.54, 1.807) is 66.7 Å². The smallest absolute Gasteiger partial charge is 0.406 e. The van der Waals surface area contributed by atoms with E-state index in [1.807, 2.05) is 12.1 Å². The van der Waals surface area contributed by atoms with Crippen molar-refractivity contribution in [3.05, 3.63) is 107 Å². The molecule has 2 amide bonds. The molecular weight excluding hydrogens is 906 g/mol. The van der Waals surface area contributed by atoms with Crippen molar-refractivity contribution in [1.82, 2.24) is 25.1 Å². The van der Waals surface area contributed by atoms with Gasteiger partial charge in [0.05, 0.1) is 53.7 Å². The highest BCUT2D eigenvalue weighted by molar-refractivity contribution is 6.34. The van der Waals surface area contributed by atoms with E-state index in [-0.39, 0.29) is 42.8 Å². The molecule has 0 aliphatic carbocycles. The highest BCUT2D eigenvalue weighted by Crippen LogP contribution is 2.35. The summed E-state index contributed by atoms with van der Waals surface area (Å²) in [4.78, 5) is 41.1. The zero-order valence-corrected chi connectivity index (χ0v) is 38.3. The third-order valence-corrected chi connectivity index (χ3v) is 12.1. The van der Waals surface area contributed by atoms with Crippen LogP contribution in [-0.4, -0.2) is 109 Å². The molecule has 0 saturated carbocycles. The fourth-order valence-corrected chi connectivity index (χ4v) is 8.58. The average Bonchev–Trinajstić information content (AvgIpc) is 3.89. The number of aromatic amines is 1. The lowest BCUT2D eigenvalue weighted by Gasteiger charge is -2.35. The second kappa shape index (κ2) is 22.3. The van der Waals surface area contributed by atoms with Crippen LogP contribution in [0.4, 0.5) is 28.9 Å². The summed E-state index contributed by atoms with van der Waals surface area (Å²) < 4.78 is 69.5. The van der Waals surface area contributed by atoms with Crippen molar-refractivity contribution in [2.24, 2.45) is 0 Å². The Morgan fingerprint density at radius 1 is 0.985 bits per heavy atom. The number of H-pyrrole nitrogens is 1. The van der Waals surface area contributed by atoms with Crippen molar-refractivity contribution < 1.29 is 46.5 Å². The van der Waals surface area contributed by atoms with Crippen molar-refractivity contribution in [3.8, 4) is 34.5 Å². The van der Waals surface area contributed by atoms with Crippen LogP contribution in [0.15, 0.2) is 85.1 Å². The molecule has 7 rings (SSSR count). The topological polar surface area (TPSA) is 162 Å². The number of rotatable bonds is 19. The summed E-state index contributed by atoms with van der Waals surface area (Å²) >= 11 is 6.50. The van der Waals surface area contributed by atoms with E-state index in [0.717, 1.165) is 23.0 Å². The summed E-state index contributed by atoms with van der Waals surface area (Å²) in [7, 11) is 2.98. The van der Waals surface area contributed by atoms with Crippen LogP contribution in [0.3, 0.4) is 0 Å². The first-order chi connectivity index (χ1) is 32.7. The van der Waals surface area contributed by atoms with Crippen molar-refractivity contribution in [1.29, 1.82) is 0 Å². The van der Waals surface area contributed by atoms with Gasteiger partial charge in [-0.25, -0.2) is 9.18 Å². The molecule has 18 heteroatoms. The Hall–Kier alpha value is -6.90. The predicted octanol–water partition coefficient (Wildman–Crippen LogP) is 9.12. The van der Waals surface area contributed by atoms with Crippen molar-refractivity contribution in [2.75, 3.05) is 64.1 Å². The number of aromatic nitrogens is 2. The summed E-state index contributed by atoms with van der Waals surface area (Å²) in [6.07, 6.45) is -1.17. The van der Waals surface area contributed by atoms with Gasteiger partial charge < -0.3 is 50.3 Å². The number of aromatic carboxylic acids is 1. The minimum atomic E-state index is -4.52. The molecule has 1 aliphatic heterocycles. The molecule has 0 radical (unpaired) electrons. The SMILES string of the molecule is CNC(=O)c1ccc(NCC#Cc2cc3c(NC4CCN(CCCCCC(=O)NCCOc5ccc(-c6cc7c(C(=O)O)c[nH]c7cc6Cl)cc5)CC4F)cccc3n2CC(F)(F)F)c(OC)c1. The first kappa shape index (κ1) is 49.0. The van der Waals surface area contributed by atoms with Crippen LogP contribution in [0.25, 0.3) is 32.9 Å². The molecule has 358 valence electrons. The second-order valence-electron chi connectivity index (χ2n) is 16.4. The Kier molecular flexibility index (Phi) is 16.0.